The van der Waals surface area contributed by atoms with Gasteiger partial charge in [-0.2, -0.15) is 4.98 Å². The second-order valence-corrected chi connectivity index (χ2v) is 4.20. The monoisotopic (exact) mass is 255 g/mol. The van der Waals surface area contributed by atoms with Crippen LogP contribution in [0.5, 0.6) is 0 Å². The lowest BCUT2D eigenvalue weighted by atomic mass is 10.0. The Kier molecular flexibility index (Phi) is 3.18. The number of hydrogen-bond acceptors (Lipinski definition) is 5. The number of rotatable bonds is 3. The fourth-order valence-electron chi connectivity index (χ4n) is 1.94. The molecule has 2 heterocycles. The average Bonchev–Trinajstić information content (AvgIpc) is 2.67. The Morgan fingerprint density at radius 1 is 1.83 bits per heavy atom. The first kappa shape index (κ1) is 12.7. The van der Waals surface area contributed by atoms with Crippen molar-refractivity contribution in [2.24, 2.45) is 0 Å². The number of nitrogens with zero attached hydrogens (tertiary/aromatic N) is 2. The molecule has 6 nitrogen and oxygen atoms in total. The summed E-state index contributed by atoms with van der Waals surface area (Å²) in [6.45, 7) is 3.11. The Labute approximate surface area is 103 Å². The van der Waals surface area contributed by atoms with Crippen LogP contribution >= 0.6 is 0 Å². The molecule has 0 spiro atoms. The first-order valence-electron chi connectivity index (χ1n) is 5.42. The molecule has 0 aliphatic carbocycles. The summed E-state index contributed by atoms with van der Waals surface area (Å²) >= 11 is 0. The molecule has 0 aromatic carbocycles. The number of hydrogen-bond donors (Lipinski definition) is 2. The van der Waals surface area contributed by atoms with Gasteiger partial charge in [0.2, 0.25) is 0 Å². The van der Waals surface area contributed by atoms with Crippen LogP contribution < -0.4 is 11.4 Å². The molecular formula is C11H14FN3O3. The van der Waals surface area contributed by atoms with Crippen LogP contribution in [0, 0.1) is 0 Å². The number of aromatic nitrogens is 2. The molecule has 1 aliphatic rings. The van der Waals surface area contributed by atoms with Crippen molar-refractivity contribution in [2.45, 2.75) is 24.4 Å². The van der Waals surface area contributed by atoms with Gasteiger partial charge in [0, 0.05) is 12.6 Å². The first-order chi connectivity index (χ1) is 8.51. The number of anilines is 1. The topological polar surface area (TPSA) is 90.4 Å². The van der Waals surface area contributed by atoms with Gasteiger partial charge in [-0.25, -0.2) is 9.18 Å². The summed E-state index contributed by atoms with van der Waals surface area (Å²) < 4.78 is 20.3. The molecule has 0 amide bonds. The molecule has 1 aromatic heterocycles. The number of aliphatic hydroxyl groups is 1. The molecule has 3 unspecified atom stereocenters. The smallest absolute Gasteiger partial charge is 0.351 e. The number of alkyl halides is 1. The maximum Gasteiger partial charge on any atom is 0.351 e. The Balaban J connectivity index is 2.35. The van der Waals surface area contributed by atoms with Crippen molar-refractivity contribution in [1.82, 2.24) is 9.55 Å². The molecule has 18 heavy (non-hydrogen) atoms. The van der Waals surface area contributed by atoms with E-state index >= 15 is 0 Å². The third-order valence-electron chi connectivity index (χ3n) is 2.97. The molecule has 98 valence electrons. The minimum Gasteiger partial charge on any atom is -0.393 e. The maximum atomic E-state index is 13.9. The maximum absolute atomic E-state index is 13.9. The molecule has 7 heteroatoms. The summed E-state index contributed by atoms with van der Waals surface area (Å²) in [6, 6.07) is 1.38. The van der Waals surface area contributed by atoms with Crippen LogP contribution in [-0.2, 0) is 4.74 Å². The summed E-state index contributed by atoms with van der Waals surface area (Å²) in [7, 11) is 0. The highest BCUT2D eigenvalue weighted by Crippen LogP contribution is 2.38. The highest BCUT2D eigenvalue weighted by atomic mass is 19.1. The predicted octanol–water partition coefficient (Wildman–Crippen LogP) is -0.000400. The Morgan fingerprint density at radius 3 is 3.06 bits per heavy atom. The highest BCUT2D eigenvalue weighted by molar-refractivity contribution is 5.23. The SMILES string of the molecule is C=CC1(CO)CC(F)C(n2ccc(N)nc2=O)O1. The molecule has 3 N–H and O–H groups in total. The molecule has 3 atom stereocenters. The van der Waals surface area contributed by atoms with Gasteiger partial charge in [0.05, 0.1) is 6.61 Å². The number of aliphatic hydroxyl groups excluding tert-OH is 1. The Morgan fingerprint density at radius 2 is 2.56 bits per heavy atom. The van der Waals surface area contributed by atoms with E-state index < -0.39 is 30.3 Å². The number of nitrogens with two attached hydrogens (primary N) is 1. The predicted molar refractivity (Wildman–Crippen MR) is 62.6 cm³/mol. The lowest BCUT2D eigenvalue weighted by molar-refractivity contribution is -0.0792. The summed E-state index contributed by atoms with van der Waals surface area (Å²) in [4.78, 5) is 15.1. The second kappa shape index (κ2) is 4.51. The van der Waals surface area contributed by atoms with E-state index in [1.807, 2.05) is 0 Å². The molecule has 2 rings (SSSR count). The molecule has 1 aromatic rings. The minimum absolute atomic E-state index is 0.0572. The lowest BCUT2D eigenvalue weighted by Gasteiger charge is -2.22. The number of halogens is 1. The van der Waals surface area contributed by atoms with Crippen molar-refractivity contribution in [2.75, 3.05) is 12.3 Å². The zero-order chi connectivity index (χ0) is 13.3. The fourth-order valence-corrected chi connectivity index (χ4v) is 1.94. The van der Waals surface area contributed by atoms with Crippen molar-refractivity contribution in [3.8, 4) is 0 Å². The van der Waals surface area contributed by atoms with Crippen LogP contribution in [0.15, 0.2) is 29.7 Å². The largest absolute Gasteiger partial charge is 0.393 e. The van der Waals surface area contributed by atoms with Crippen LogP contribution in [0.2, 0.25) is 0 Å². The van der Waals surface area contributed by atoms with Gasteiger partial charge in [-0.1, -0.05) is 6.08 Å². The van der Waals surface area contributed by atoms with E-state index in [0.29, 0.717) is 0 Å². The average molecular weight is 255 g/mol. The number of ether oxygens (including phenoxy) is 1. The van der Waals surface area contributed by atoms with Crippen LogP contribution in [0.4, 0.5) is 10.2 Å². The molecular weight excluding hydrogens is 241 g/mol. The molecule has 0 radical (unpaired) electrons. The zero-order valence-corrected chi connectivity index (χ0v) is 9.62. The Bertz CT molecular complexity index is 519. The van der Waals surface area contributed by atoms with E-state index in [1.165, 1.54) is 18.3 Å². The van der Waals surface area contributed by atoms with Gasteiger partial charge >= 0.3 is 5.69 Å². The summed E-state index contributed by atoms with van der Waals surface area (Å²) in [5.74, 6) is 0.0572. The van der Waals surface area contributed by atoms with E-state index in [2.05, 4.69) is 11.6 Å². The molecule has 1 saturated heterocycles. The minimum atomic E-state index is -1.43. The van der Waals surface area contributed by atoms with Gasteiger partial charge in [-0.05, 0) is 6.07 Å². The van der Waals surface area contributed by atoms with Gasteiger partial charge in [0.1, 0.15) is 17.6 Å². The fraction of sp³-hybridized carbons (Fsp3) is 0.455. The zero-order valence-electron chi connectivity index (χ0n) is 9.62. The molecule has 0 bridgehead atoms. The van der Waals surface area contributed by atoms with Gasteiger partial charge in [0.15, 0.2) is 6.23 Å². The molecule has 1 aliphatic heterocycles. The normalized spacial score (nSPS) is 31.4. The van der Waals surface area contributed by atoms with Crippen molar-refractivity contribution in [3.63, 3.8) is 0 Å². The molecule has 1 fully saturated rings. The van der Waals surface area contributed by atoms with Crippen molar-refractivity contribution >= 4 is 5.82 Å². The van der Waals surface area contributed by atoms with Gasteiger partial charge < -0.3 is 15.6 Å². The summed E-state index contributed by atoms with van der Waals surface area (Å²) in [5.41, 5.74) is 3.50. The third kappa shape index (κ3) is 2.02. The van der Waals surface area contributed by atoms with Gasteiger partial charge in [-0.15, -0.1) is 6.58 Å². The summed E-state index contributed by atoms with van der Waals surface area (Å²) in [5, 5.41) is 9.23. The highest BCUT2D eigenvalue weighted by Gasteiger charge is 2.46. The number of nitrogen functional groups attached to an aromatic ring is 1. The van der Waals surface area contributed by atoms with Crippen LogP contribution in [0.25, 0.3) is 0 Å². The van der Waals surface area contributed by atoms with Crippen LogP contribution in [0.3, 0.4) is 0 Å². The standard InChI is InChI=1S/C11H14FN3O3/c1-2-11(6-16)5-7(12)9(18-11)15-4-3-8(13)14-10(15)17/h2-4,7,9,16H,1,5-6H2,(H2,13,14,17). The van der Waals surface area contributed by atoms with Gasteiger partial charge in [0.25, 0.3) is 0 Å². The second-order valence-electron chi connectivity index (χ2n) is 4.20. The third-order valence-corrected chi connectivity index (χ3v) is 2.97. The van der Waals surface area contributed by atoms with Crippen molar-refractivity contribution in [3.05, 3.63) is 35.4 Å². The van der Waals surface area contributed by atoms with Gasteiger partial charge in [-0.3, -0.25) is 4.57 Å². The van der Waals surface area contributed by atoms with E-state index in [9.17, 15) is 14.3 Å². The van der Waals surface area contributed by atoms with E-state index in [1.54, 1.807) is 0 Å². The first-order valence-corrected chi connectivity index (χ1v) is 5.42. The van der Waals surface area contributed by atoms with Crippen molar-refractivity contribution < 1.29 is 14.2 Å². The lowest BCUT2D eigenvalue weighted by Crippen LogP contribution is -2.33. The summed E-state index contributed by atoms with van der Waals surface area (Å²) in [6.07, 6.45) is 0.0384. The van der Waals surface area contributed by atoms with Crippen LogP contribution in [-0.4, -0.2) is 33.0 Å². The van der Waals surface area contributed by atoms with Crippen molar-refractivity contribution in [1.29, 1.82) is 0 Å². The Hall–Kier alpha value is -1.73. The van der Waals surface area contributed by atoms with E-state index in [4.69, 9.17) is 10.5 Å². The van der Waals surface area contributed by atoms with E-state index in [-0.39, 0.29) is 12.2 Å². The van der Waals surface area contributed by atoms with Crippen LogP contribution in [0.1, 0.15) is 12.6 Å². The van der Waals surface area contributed by atoms with E-state index in [0.717, 1.165) is 4.57 Å². The quantitative estimate of drug-likeness (QED) is 0.742. The molecule has 0 saturated carbocycles.